The van der Waals surface area contributed by atoms with Crippen molar-refractivity contribution in [3.8, 4) is 5.75 Å². The predicted octanol–water partition coefficient (Wildman–Crippen LogP) is 1.15. The van der Waals surface area contributed by atoms with Gasteiger partial charge in [-0.3, -0.25) is 4.98 Å². The molecule has 106 valence electrons. The standard InChI is InChI=1S/C13H15N3O3S/c1-19-12-8-11(14)2-3-13(12)20(17,18)16-9-10-4-6-15-7-5-10/h2-8,16H,9,14H2,1H3. The van der Waals surface area contributed by atoms with E-state index in [1.807, 2.05) is 0 Å². The summed E-state index contributed by atoms with van der Waals surface area (Å²) in [5.41, 5.74) is 6.87. The highest BCUT2D eigenvalue weighted by Crippen LogP contribution is 2.25. The number of nitrogens with one attached hydrogen (secondary N) is 1. The molecule has 0 amide bonds. The summed E-state index contributed by atoms with van der Waals surface area (Å²) in [7, 11) is -2.27. The summed E-state index contributed by atoms with van der Waals surface area (Å²) >= 11 is 0. The number of nitrogen functional groups attached to an aromatic ring is 1. The van der Waals surface area contributed by atoms with Crippen LogP contribution < -0.4 is 15.2 Å². The van der Waals surface area contributed by atoms with E-state index in [0.717, 1.165) is 5.56 Å². The molecule has 0 spiro atoms. The summed E-state index contributed by atoms with van der Waals surface area (Å²) in [6.07, 6.45) is 3.21. The number of nitrogens with zero attached hydrogens (tertiary/aromatic N) is 1. The van der Waals surface area contributed by atoms with Crippen molar-refractivity contribution in [1.29, 1.82) is 0 Å². The van der Waals surface area contributed by atoms with Gasteiger partial charge in [0.05, 0.1) is 7.11 Å². The summed E-state index contributed by atoms with van der Waals surface area (Å²) in [6, 6.07) is 7.89. The van der Waals surface area contributed by atoms with Crippen LogP contribution in [0.1, 0.15) is 5.56 Å². The highest BCUT2D eigenvalue weighted by atomic mass is 32.2. The molecule has 2 aromatic rings. The van der Waals surface area contributed by atoms with Crippen LogP contribution >= 0.6 is 0 Å². The minimum Gasteiger partial charge on any atom is -0.495 e. The first kappa shape index (κ1) is 14.3. The van der Waals surface area contributed by atoms with Gasteiger partial charge in [-0.05, 0) is 29.8 Å². The van der Waals surface area contributed by atoms with Gasteiger partial charge in [0.1, 0.15) is 10.6 Å². The van der Waals surface area contributed by atoms with Crippen molar-refractivity contribution in [2.24, 2.45) is 0 Å². The zero-order valence-corrected chi connectivity index (χ0v) is 11.7. The Balaban J connectivity index is 2.22. The van der Waals surface area contributed by atoms with Gasteiger partial charge in [0.15, 0.2) is 0 Å². The molecule has 0 radical (unpaired) electrons. The fourth-order valence-corrected chi connectivity index (χ4v) is 2.83. The van der Waals surface area contributed by atoms with E-state index >= 15 is 0 Å². The Hall–Kier alpha value is -2.12. The summed E-state index contributed by atoms with van der Waals surface area (Å²) in [4.78, 5) is 3.93. The molecule has 0 fully saturated rings. The minimum atomic E-state index is -3.67. The topological polar surface area (TPSA) is 94.3 Å². The number of benzene rings is 1. The quantitative estimate of drug-likeness (QED) is 0.806. The van der Waals surface area contributed by atoms with Crippen LogP contribution in [0.15, 0.2) is 47.6 Å². The number of nitrogens with two attached hydrogens (primary N) is 1. The summed E-state index contributed by atoms with van der Waals surface area (Å²) in [5, 5.41) is 0. The highest BCUT2D eigenvalue weighted by molar-refractivity contribution is 7.89. The average molecular weight is 293 g/mol. The second kappa shape index (κ2) is 5.89. The predicted molar refractivity (Wildman–Crippen MR) is 75.7 cm³/mol. The Morgan fingerprint density at radius 3 is 2.60 bits per heavy atom. The monoisotopic (exact) mass is 293 g/mol. The third-order valence-corrected chi connectivity index (χ3v) is 4.13. The number of sulfonamides is 1. The summed E-state index contributed by atoms with van der Waals surface area (Å²) in [6.45, 7) is 0.179. The van der Waals surface area contributed by atoms with Crippen molar-refractivity contribution in [3.63, 3.8) is 0 Å². The summed E-state index contributed by atoms with van der Waals surface area (Å²) in [5.74, 6) is 0.215. The van der Waals surface area contributed by atoms with Gasteiger partial charge in [0, 0.05) is 30.7 Å². The Labute approximate surface area is 117 Å². The van der Waals surface area contributed by atoms with Gasteiger partial charge in [-0.15, -0.1) is 0 Å². The van der Waals surface area contributed by atoms with Gasteiger partial charge in [0.25, 0.3) is 0 Å². The van der Waals surface area contributed by atoms with Crippen LogP contribution in [0, 0.1) is 0 Å². The van der Waals surface area contributed by atoms with Crippen molar-refractivity contribution in [2.45, 2.75) is 11.4 Å². The molecular formula is C13H15N3O3S. The van der Waals surface area contributed by atoms with E-state index < -0.39 is 10.0 Å². The molecule has 20 heavy (non-hydrogen) atoms. The second-order valence-electron chi connectivity index (χ2n) is 4.09. The van der Waals surface area contributed by atoms with Crippen LogP contribution in [0.3, 0.4) is 0 Å². The van der Waals surface area contributed by atoms with Crippen molar-refractivity contribution in [2.75, 3.05) is 12.8 Å². The van der Waals surface area contributed by atoms with Crippen LogP contribution in [-0.4, -0.2) is 20.5 Å². The lowest BCUT2D eigenvalue weighted by Crippen LogP contribution is -2.23. The maximum atomic E-state index is 12.2. The van der Waals surface area contributed by atoms with Crippen LogP contribution in [0.2, 0.25) is 0 Å². The van der Waals surface area contributed by atoms with Crippen molar-refractivity contribution in [1.82, 2.24) is 9.71 Å². The van der Waals surface area contributed by atoms with Crippen molar-refractivity contribution in [3.05, 3.63) is 48.3 Å². The average Bonchev–Trinajstić information content (AvgIpc) is 2.46. The first-order chi connectivity index (χ1) is 9.53. The van der Waals surface area contributed by atoms with Crippen LogP contribution in [0.25, 0.3) is 0 Å². The molecular weight excluding hydrogens is 278 g/mol. The van der Waals surface area contributed by atoms with E-state index in [1.54, 1.807) is 24.5 Å². The van der Waals surface area contributed by atoms with E-state index in [0.29, 0.717) is 5.69 Å². The van der Waals surface area contributed by atoms with E-state index in [4.69, 9.17) is 10.5 Å². The van der Waals surface area contributed by atoms with E-state index in [1.165, 1.54) is 25.3 Å². The first-order valence-corrected chi connectivity index (χ1v) is 7.33. The lowest BCUT2D eigenvalue weighted by molar-refractivity contribution is 0.402. The molecule has 0 bridgehead atoms. The lowest BCUT2D eigenvalue weighted by atomic mass is 10.3. The molecule has 1 heterocycles. The number of hydrogen-bond donors (Lipinski definition) is 2. The Morgan fingerprint density at radius 2 is 1.95 bits per heavy atom. The fraction of sp³-hybridized carbons (Fsp3) is 0.154. The van der Waals surface area contributed by atoms with Gasteiger partial charge in [-0.1, -0.05) is 0 Å². The Kier molecular flexibility index (Phi) is 4.21. The molecule has 0 saturated carbocycles. The van der Waals surface area contributed by atoms with E-state index in [2.05, 4.69) is 9.71 Å². The molecule has 0 atom stereocenters. The maximum Gasteiger partial charge on any atom is 0.244 e. The number of aromatic nitrogens is 1. The minimum absolute atomic E-state index is 0.0586. The van der Waals surface area contributed by atoms with Gasteiger partial charge >= 0.3 is 0 Å². The Bertz CT molecular complexity index is 687. The largest absolute Gasteiger partial charge is 0.495 e. The zero-order valence-electron chi connectivity index (χ0n) is 10.9. The molecule has 0 aliphatic heterocycles. The van der Waals surface area contributed by atoms with Crippen molar-refractivity contribution >= 4 is 15.7 Å². The van der Waals surface area contributed by atoms with Crippen LogP contribution in [-0.2, 0) is 16.6 Å². The summed E-state index contributed by atoms with van der Waals surface area (Å²) < 4.78 is 32.1. The highest BCUT2D eigenvalue weighted by Gasteiger charge is 2.19. The van der Waals surface area contributed by atoms with Crippen LogP contribution in [0.5, 0.6) is 5.75 Å². The number of pyridine rings is 1. The van der Waals surface area contributed by atoms with E-state index in [9.17, 15) is 8.42 Å². The lowest BCUT2D eigenvalue weighted by Gasteiger charge is -2.11. The molecule has 7 heteroatoms. The van der Waals surface area contributed by atoms with E-state index in [-0.39, 0.29) is 17.2 Å². The molecule has 2 rings (SSSR count). The van der Waals surface area contributed by atoms with Gasteiger partial charge in [0.2, 0.25) is 10.0 Å². The van der Waals surface area contributed by atoms with Gasteiger partial charge < -0.3 is 10.5 Å². The number of methoxy groups -OCH3 is 1. The fourth-order valence-electron chi connectivity index (χ4n) is 1.66. The number of rotatable bonds is 5. The molecule has 1 aromatic carbocycles. The maximum absolute atomic E-state index is 12.2. The van der Waals surface area contributed by atoms with Crippen molar-refractivity contribution < 1.29 is 13.2 Å². The first-order valence-electron chi connectivity index (χ1n) is 5.85. The number of ether oxygens (including phenoxy) is 1. The van der Waals surface area contributed by atoms with Crippen LogP contribution in [0.4, 0.5) is 5.69 Å². The molecule has 1 aromatic heterocycles. The number of hydrogen-bond acceptors (Lipinski definition) is 5. The smallest absolute Gasteiger partial charge is 0.244 e. The normalized spacial score (nSPS) is 11.2. The SMILES string of the molecule is COc1cc(N)ccc1S(=O)(=O)NCc1ccncc1. The molecule has 0 aliphatic carbocycles. The van der Waals surface area contributed by atoms with Gasteiger partial charge in [-0.25, -0.2) is 13.1 Å². The number of anilines is 1. The zero-order chi connectivity index (χ0) is 14.6. The Morgan fingerprint density at radius 1 is 1.25 bits per heavy atom. The third-order valence-electron chi connectivity index (χ3n) is 2.69. The second-order valence-corrected chi connectivity index (χ2v) is 5.83. The molecule has 6 nitrogen and oxygen atoms in total. The molecule has 0 unspecified atom stereocenters. The van der Waals surface area contributed by atoms with Gasteiger partial charge in [-0.2, -0.15) is 0 Å². The molecule has 3 N–H and O–H groups in total. The molecule has 0 saturated heterocycles. The molecule has 0 aliphatic rings. The third kappa shape index (κ3) is 3.25.